The number of esters is 1. The smallest absolute Gasteiger partial charge is 0.306 e. The molecule has 0 aromatic heterocycles. The van der Waals surface area contributed by atoms with Crippen LogP contribution in [0, 0.1) is 20.2 Å². The van der Waals surface area contributed by atoms with Crippen LogP contribution in [0.15, 0.2) is 270 Å². The van der Waals surface area contributed by atoms with Crippen LogP contribution in [0.25, 0.3) is 0 Å². The minimum atomic E-state index is -3.46. The number of nitrogens with zero attached hydrogens (tertiary/aromatic N) is 8. The van der Waals surface area contributed by atoms with Gasteiger partial charge in [0.25, 0.3) is 22.3 Å². The number of carbonyl (C=O) groups excluding carboxylic acids is 1. The van der Waals surface area contributed by atoms with Gasteiger partial charge in [-0.15, -0.1) is 0 Å². The Labute approximate surface area is 567 Å². The second kappa shape index (κ2) is 30.8. The highest BCUT2D eigenvalue weighted by Crippen LogP contribution is 2.72. The van der Waals surface area contributed by atoms with Crippen molar-refractivity contribution in [1.82, 2.24) is 0 Å². The average Bonchev–Trinajstić information content (AvgIpc) is 1.51. The summed E-state index contributed by atoms with van der Waals surface area (Å²) in [6.45, 7) is 8.18. The van der Waals surface area contributed by atoms with Crippen LogP contribution in [-0.4, -0.2) is 73.8 Å². The number of carbonyl (C=O) groups is 1. The third kappa shape index (κ3) is 15.7. The minimum absolute atomic E-state index is 0.200. The Morgan fingerprint density at radius 3 is 0.862 bits per heavy atom. The van der Waals surface area contributed by atoms with Crippen LogP contribution in [0.4, 0.5) is 34.1 Å². The fraction of sp³-hybridized carbons (Fsp3) is 0.236. The van der Waals surface area contributed by atoms with Crippen LogP contribution >= 0.6 is 54.2 Å². The number of hydrogen-bond acceptors (Lipinski definition) is 9. The van der Waals surface area contributed by atoms with Crippen LogP contribution < -0.4 is 28.0 Å². The number of anilines is 6. The summed E-state index contributed by atoms with van der Waals surface area (Å²) in [7, 11) is -10.1. The maximum Gasteiger partial charge on any atom is 0.306 e. The summed E-state index contributed by atoms with van der Waals surface area (Å²) in [6.07, 6.45) is 0.634. The Hall–Kier alpha value is -8.30. The number of rotatable bonds is 19. The topological polar surface area (TPSA) is 183 Å². The molecule has 3 heterocycles. The molecule has 486 valence electrons. The second-order valence-electron chi connectivity index (χ2n) is 23.7. The van der Waals surface area contributed by atoms with Crippen molar-refractivity contribution in [3.05, 3.63) is 307 Å². The fourth-order valence-electron chi connectivity index (χ4n) is 12.5. The van der Waals surface area contributed by atoms with Crippen LogP contribution in [0.5, 0.6) is 0 Å². The predicted molar refractivity (Wildman–Crippen MR) is 387 cm³/mol. The monoisotopic (exact) mass is 1450 g/mol. The molecular weight excluding hydrogens is 1370 g/mol. The van der Waals surface area contributed by atoms with Crippen molar-refractivity contribution in [1.29, 1.82) is 0 Å². The lowest BCUT2D eigenvalue weighted by Gasteiger charge is -2.38. The largest absolute Gasteiger partial charge is 0.460 e. The molecule has 3 fully saturated rings. The number of halogens is 2. The number of hydrogen-bond donors (Lipinski definition) is 0. The van der Waals surface area contributed by atoms with Crippen LogP contribution in [-0.2, 0) is 23.2 Å². The molecule has 0 N–H and O–H groups in total. The molecule has 0 aliphatic carbocycles. The van der Waals surface area contributed by atoms with Crippen LogP contribution in [0.2, 0.25) is 0 Å². The van der Waals surface area contributed by atoms with Crippen molar-refractivity contribution in [2.45, 2.75) is 56.2 Å². The van der Waals surface area contributed by atoms with Gasteiger partial charge in [0, 0.05) is 98.6 Å². The van der Waals surface area contributed by atoms with E-state index in [4.69, 9.17) is 4.74 Å². The summed E-state index contributed by atoms with van der Waals surface area (Å²) in [6, 6.07) is 82.4. The SMILES string of the molecule is CC(C)(C)OC(=O)CCC(c1ccccc1)P1(=O)N(c2ccccc2)CCN1c1ccccc1.O=[N+]([O-])CC(c1ccccc1)P1(=O)N(c2ccc(Br)cc2)CCN1c1ccc(Br)cc1.O=[N+]([O-])CC(c1ccccc1)P1(=O)N(c2ccccc2)CCN1c1ccccc1. The first kappa shape index (κ1) is 68.6. The molecule has 0 spiro atoms. The molecule has 0 bridgehead atoms. The van der Waals surface area contributed by atoms with Crippen LogP contribution in [0.3, 0.4) is 0 Å². The average molecular weight is 1450 g/mol. The summed E-state index contributed by atoms with van der Waals surface area (Å²) in [4.78, 5) is 35.3. The Kier molecular flexibility index (Phi) is 22.5. The van der Waals surface area contributed by atoms with Gasteiger partial charge in [0.2, 0.25) is 13.1 Å². The van der Waals surface area contributed by atoms with Gasteiger partial charge in [-0.05, 0) is 141 Å². The van der Waals surface area contributed by atoms with E-state index in [1.807, 2.05) is 300 Å². The first-order valence-electron chi connectivity index (χ1n) is 31.1. The highest BCUT2D eigenvalue weighted by atomic mass is 79.9. The van der Waals surface area contributed by atoms with Crippen molar-refractivity contribution in [3.63, 3.8) is 0 Å². The quantitative estimate of drug-likeness (QED) is 0.0322. The predicted octanol–water partition coefficient (Wildman–Crippen LogP) is 19.0. The third-order valence-corrected chi connectivity index (χ3v) is 28.3. The van der Waals surface area contributed by atoms with Gasteiger partial charge in [0.05, 0.1) is 5.66 Å². The Morgan fingerprint density at radius 1 is 0.394 bits per heavy atom. The molecule has 12 rings (SSSR count). The molecule has 3 saturated heterocycles. The molecule has 3 atom stereocenters. The van der Waals surface area contributed by atoms with E-state index in [2.05, 4.69) is 41.2 Å². The van der Waals surface area contributed by atoms with E-state index in [0.717, 1.165) is 54.2 Å². The summed E-state index contributed by atoms with van der Waals surface area (Å²) < 4.78 is 64.3. The molecular formula is C72H75Br2N8O9P3. The zero-order chi connectivity index (χ0) is 66.5. The van der Waals surface area contributed by atoms with E-state index in [1.54, 1.807) is 0 Å². The van der Waals surface area contributed by atoms with Gasteiger partial charge < -0.3 is 32.8 Å². The summed E-state index contributed by atoms with van der Waals surface area (Å²) >= 11 is 6.89. The normalized spacial score (nSPS) is 16.4. The first-order chi connectivity index (χ1) is 45.3. The molecule has 0 saturated carbocycles. The van der Waals surface area contributed by atoms with Crippen LogP contribution in [0.1, 0.15) is 67.3 Å². The van der Waals surface area contributed by atoms with E-state index in [-0.39, 0.29) is 27.9 Å². The lowest BCUT2D eigenvalue weighted by Crippen LogP contribution is -2.27. The molecule has 94 heavy (non-hydrogen) atoms. The van der Waals surface area contributed by atoms with Gasteiger partial charge in [-0.25, -0.2) is 0 Å². The zero-order valence-corrected chi connectivity index (χ0v) is 58.3. The molecule has 17 nitrogen and oxygen atoms in total. The maximum atomic E-state index is 15.4. The van der Waals surface area contributed by atoms with Gasteiger partial charge in [-0.1, -0.05) is 196 Å². The third-order valence-electron chi connectivity index (χ3n) is 16.6. The Morgan fingerprint density at radius 2 is 0.617 bits per heavy atom. The van der Waals surface area contributed by atoms with E-state index in [9.17, 15) is 29.6 Å². The fourth-order valence-corrected chi connectivity index (χ4v) is 23.7. The number of para-hydroxylation sites is 4. The molecule has 9 aromatic carbocycles. The Balaban J connectivity index is 0.000000154. The number of ether oxygens (including phenoxy) is 1. The Bertz CT molecular complexity index is 3950. The highest BCUT2D eigenvalue weighted by molar-refractivity contribution is 9.10. The molecule has 0 amide bonds. The van der Waals surface area contributed by atoms with E-state index >= 15 is 9.13 Å². The molecule has 3 aliphatic heterocycles. The number of benzene rings is 9. The standard InChI is InChI=1S/C28H33N2O3P.C22H20Br2N3O3P.C22H22N3O3P/c1-28(2,3)33-27(31)20-19-26(23-13-7-4-8-14-23)34(32)29(24-15-9-5-10-16-24)21-22-30(34)25-17-11-6-12-18-25;23-18-6-10-20(11-7-18)25-14-15-26(21-12-8-19(24)9-13-21)31(25,30)22(16-27(28)29)17-4-2-1-3-5-17;26-25(27)18-22(19-10-4-1-5-11-19)29(28)23(20-12-6-2-7-13-20)16-17-24(29)21-14-8-3-9-15-21/h4-18,26H,19-22H2,1-3H3;1-13,22H,14-16H2;1-15,22H,16-18H2. The van der Waals surface area contributed by atoms with Gasteiger partial charge in [-0.2, -0.15) is 0 Å². The first-order valence-corrected chi connectivity index (χ1v) is 37.7. The van der Waals surface area contributed by atoms with Crippen molar-refractivity contribution < 1.29 is 33.1 Å². The highest BCUT2D eigenvalue weighted by Gasteiger charge is 2.54. The van der Waals surface area contributed by atoms with Gasteiger partial charge in [0.15, 0.2) is 0 Å². The summed E-state index contributed by atoms with van der Waals surface area (Å²) in [5.41, 5.74) is 5.03. The zero-order valence-electron chi connectivity index (χ0n) is 52.5. The van der Waals surface area contributed by atoms with Crippen molar-refractivity contribution in [3.8, 4) is 0 Å². The van der Waals surface area contributed by atoms with Gasteiger partial charge in [0.1, 0.15) is 16.9 Å². The summed E-state index contributed by atoms with van der Waals surface area (Å²) in [5, 5.41) is 23.3. The lowest BCUT2D eigenvalue weighted by atomic mass is 10.1. The second-order valence-corrected chi connectivity index (χ2v) is 33.9. The molecule has 0 radical (unpaired) electrons. The number of nitro groups is 2. The molecule has 3 aliphatic rings. The van der Waals surface area contributed by atoms with Crippen molar-refractivity contribution in [2.75, 3.05) is 80.4 Å². The maximum absolute atomic E-state index is 15.4. The van der Waals surface area contributed by atoms with Gasteiger partial charge in [-0.3, -0.25) is 38.7 Å². The minimum Gasteiger partial charge on any atom is -0.460 e. The van der Waals surface area contributed by atoms with Crippen molar-refractivity contribution >= 4 is 94.3 Å². The lowest BCUT2D eigenvalue weighted by molar-refractivity contribution is -0.480. The molecule has 3 unspecified atom stereocenters. The van der Waals surface area contributed by atoms with E-state index < -0.39 is 52.3 Å². The van der Waals surface area contributed by atoms with Crippen molar-refractivity contribution in [2.24, 2.45) is 0 Å². The summed E-state index contributed by atoms with van der Waals surface area (Å²) in [5.74, 6) is -0.267. The van der Waals surface area contributed by atoms with E-state index in [0.29, 0.717) is 51.3 Å². The molecule has 22 heteroatoms. The molecule has 9 aromatic rings. The van der Waals surface area contributed by atoms with Gasteiger partial charge >= 0.3 is 5.97 Å². The van der Waals surface area contributed by atoms with E-state index in [1.165, 1.54) is 0 Å².